The van der Waals surface area contributed by atoms with E-state index in [1.54, 1.807) is 18.2 Å². The first-order valence-corrected chi connectivity index (χ1v) is 8.41. The predicted octanol–water partition coefficient (Wildman–Crippen LogP) is 2.96. The highest BCUT2D eigenvalue weighted by atomic mass is 32.2. The number of hydrogen-bond donors (Lipinski definition) is 1. The second kappa shape index (κ2) is 5.07. The second-order valence-electron chi connectivity index (χ2n) is 5.04. The van der Waals surface area contributed by atoms with Crippen molar-refractivity contribution in [2.45, 2.75) is 24.3 Å². The summed E-state index contributed by atoms with van der Waals surface area (Å²) >= 11 is 1.50. The van der Waals surface area contributed by atoms with Gasteiger partial charge in [-0.15, -0.1) is 11.3 Å². The quantitative estimate of drug-likeness (QED) is 0.943. The molecule has 5 heteroatoms. The molecule has 1 N–H and O–H groups in total. The number of benzene rings is 1. The van der Waals surface area contributed by atoms with E-state index in [0.717, 1.165) is 4.88 Å². The minimum atomic E-state index is -3.52. The molecule has 0 aliphatic heterocycles. The Balaban J connectivity index is 2.52. The lowest BCUT2D eigenvalue weighted by molar-refractivity contribution is 0.105. The Bertz CT molecular complexity index is 650. The van der Waals surface area contributed by atoms with Gasteiger partial charge in [0.15, 0.2) is 9.84 Å². The first-order chi connectivity index (χ1) is 8.80. The monoisotopic (exact) mass is 296 g/mol. The molecule has 1 heterocycles. The third kappa shape index (κ3) is 3.43. The highest BCUT2D eigenvalue weighted by Gasteiger charge is 2.27. The Hall–Kier alpha value is -1.17. The van der Waals surface area contributed by atoms with E-state index in [4.69, 9.17) is 0 Å². The van der Waals surface area contributed by atoms with Gasteiger partial charge in [0.2, 0.25) is 0 Å². The minimum absolute atomic E-state index is 0.277. The summed E-state index contributed by atoms with van der Waals surface area (Å²) in [5.41, 5.74) is -0.553. The predicted molar refractivity (Wildman–Crippen MR) is 78.1 cm³/mol. The van der Waals surface area contributed by atoms with Gasteiger partial charge in [0.25, 0.3) is 0 Å². The summed E-state index contributed by atoms with van der Waals surface area (Å²) in [6.07, 6.45) is 0. The lowest BCUT2D eigenvalue weighted by atomic mass is 10.2. The zero-order chi connectivity index (χ0) is 14.1. The molecule has 2 rings (SSSR count). The van der Waals surface area contributed by atoms with Gasteiger partial charge >= 0.3 is 0 Å². The van der Waals surface area contributed by atoms with Crippen molar-refractivity contribution in [3.8, 4) is 10.4 Å². The van der Waals surface area contributed by atoms with Crippen LogP contribution in [0.5, 0.6) is 0 Å². The first kappa shape index (κ1) is 14.2. The van der Waals surface area contributed by atoms with Gasteiger partial charge in [0.1, 0.15) is 0 Å². The molecule has 0 fully saturated rings. The zero-order valence-corrected chi connectivity index (χ0v) is 12.5. The van der Waals surface area contributed by atoms with Gasteiger partial charge in [0, 0.05) is 10.4 Å². The topological polar surface area (TPSA) is 54.4 Å². The maximum Gasteiger partial charge on any atom is 0.181 e. The largest absolute Gasteiger partial charge is 0.389 e. The molecule has 2 aromatic rings. The van der Waals surface area contributed by atoms with Gasteiger partial charge in [0.05, 0.1) is 16.2 Å². The molecule has 0 unspecified atom stereocenters. The van der Waals surface area contributed by atoms with Crippen LogP contribution in [-0.2, 0) is 9.84 Å². The summed E-state index contributed by atoms with van der Waals surface area (Å²) in [5.74, 6) is -0.289. The zero-order valence-electron chi connectivity index (χ0n) is 10.8. The fourth-order valence-corrected chi connectivity index (χ4v) is 4.63. The number of rotatable bonds is 4. The van der Waals surface area contributed by atoms with E-state index in [0.29, 0.717) is 5.56 Å². The molecule has 102 valence electrons. The molecule has 19 heavy (non-hydrogen) atoms. The van der Waals surface area contributed by atoms with Gasteiger partial charge in [-0.3, -0.25) is 0 Å². The summed E-state index contributed by atoms with van der Waals surface area (Å²) in [6.45, 7) is 3.00. The Morgan fingerprint density at radius 2 is 1.84 bits per heavy atom. The molecule has 1 aromatic carbocycles. The van der Waals surface area contributed by atoms with Crippen LogP contribution in [0.15, 0.2) is 46.7 Å². The summed E-state index contributed by atoms with van der Waals surface area (Å²) in [7, 11) is -3.52. The fraction of sp³-hybridized carbons (Fsp3) is 0.286. The van der Waals surface area contributed by atoms with Crippen LogP contribution in [0.4, 0.5) is 0 Å². The highest BCUT2D eigenvalue weighted by molar-refractivity contribution is 7.91. The van der Waals surface area contributed by atoms with Crippen LogP contribution in [0, 0.1) is 0 Å². The van der Waals surface area contributed by atoms with Crippen molar-refractivity contribution in [1.82, 2.24) is 0 Å². The average Bonchev–Trinajstić information content (AvgIpc) is 2.79. The molecule has 0 aliphatic rings. The third-order valence-corrected chi connectivity index (χ3v) is 5.57. The van der Waals surface area contributed by atoms with E-state index in [9.17, 15) is 13.5 Å². The second-order valence-corrected chi connectivity index (χ2v) is 7.95. The number of hydrogen-bond acceptors (Lipinski definition) is 4. The molecule has 1 aromatic heterocycles. The summed E-state index contributed by atoms with van der Waals surface area (Å²) in [5, 5.41) is 11.7. The lowest BCUT2D eigenvalue weighted by Crippen LogP contribution is -2.30. The SMILES string of the molecule is CC(C)(O)CS(=O)(=O)c1ccccc1-c1cccs1. The molecule has 0 amide bonds. The molecule has 0 radical (unpaired) electrons. The molecule has 0 spiro atoms. The maximum absolute atomic E-state index is 12.4. The Labute approximate surface area is 117 Å². The van der Waals surface area contributed by atoms with E-state index in [1.807, 2.05) is 23.6 Å². The van der Waals surface area contributed by atoms with E-state index in [1.165, 1.54) is 25.2 Å². The van der Waals surface area contributed by atoms with Crippen LogP contribution in [0.1, 0.15) is 13.8 Å². The van der Waals surface area contributed by atoms with Crippen molar-refractivity contribution >= 4 is 21.2 Å². The van der Waals surface area contributed by atoms with Crippen LogP contribution in [0.2, 0.25) is 0 Å². The van der Waals surface area contributed by atoms with E-state index in [-0.39, 0.29) is 10.6 Å². The Morgan fingerprint density at radius 3 is 2.42 bits per heavy atom. The van der Waals surface area contributed by atoms with Crippen molar-refractivity contribution in [1.29, 1.82) is 0 Å². The molecule has 0 bridgehead atoms. The van der Waals surface area contributed by atoms with Crippen molar-refractivity contribution in [2.24, 2.45) is 0 Å². The fourth-order valence-electron chi connectivity index (χ4n) is 1.92. The molecule has 0 saturated carbocycles. The van der Waals surface area contributed by atoms with Gasteiger partial charge < -0.3 is 5.11 Å². The van der Waals surface area contributed by atoms with E-state index < -0.39 is 15.4 Å². The number of aliphatic hydroxyl groups is 1. The number of thiophene rings is 1. The van der Waals surface area contributed by atoms with Gasteiger partial charge in [-0.25, -0.2) is 8.42 Å². The van der Waals surface area contributed by atoms with Crippen molar-refractivity contribution in [2.75, 3.05) is 5.75 Å². The standard InChI is InChI=1S/C14H16O3S2/c1-14(2,15)10-19(16,17)13-8-4-3-6-11(13)12-7-5-9-18-12/h3-9,15H,10H2,1-2H3. The Kier molecular flexibility index (Phi) is 3.80. The molecule has 0 saturated heterocycles. The first-order valence-electron chi connectivity index (χ1n) is 5.88. The van der Waals surface area contributed by atoms with Crippen molar-refractivity contribution in [3.63, 3.8) is 0 Å². The smallest absolute Gasteiger partial charge is 0.181 e. The Morgan fingerprint density at radius 1 is 1.16 bits per heavy atom. The maximum atomic E-state index is 12.4. The molecular weight excluding hydrogens is 280 g/mol. The van der Waals surface area contributed by atoms with Gasteiger partial charge in [-0.05, 0) is 31.4 Å². The van der Waals surface area contributed by atoms with Crippen LogP contribution in [0.25, 0.3) is 10.4 Å². The lowest BCUT2D eigenvalue weighted by Gasteiger charge is -2.18. The van der Waals surface area contributed by atoms with Crippen molar-refractivity contribution < 1.29 is 13.5 Å². The average molecular weight is 296 g/mol. The summed E-state index contributed by atoms with van der Waals surface area (Å²) in [6, 6.07) is 10.7. The normalized spacial score (nSPS) is 12.6. The van der Waals surface area contributed by atoms with Crippen LogP contribution in [0.3, 0.4) is 0 Å². The van der Waals surface area contributed by atoms with Crippen LogP contribution < -0.4 is 0 Å². The van der Waals surface area contributed by atoms with E-state index >= 15 is 0 Å². The highest BCUT2D eigenvalue weighted by Crippen LogP contribution is 2.32. The molecule has 0 atom stereocenters. The van der Waals surface area contributed by atoms with Crippen LogP contribution in [-0.4, -0.2) is 24.9 Å². The summed E-state index contributed by atoms with van der Waals surface area (Å²) < 4.78 is 24.8. The molecule has 0 aliphatic carbocycles. The molecule has 3 nitrogen and oxygen atoms in total. The van der Waals surface area contributed by atoms with Gasteiger partial charge in [-0.2, -0.15) is 0 Å². The summed E-state index contributed by atoms with van der Waals surface area (Å²) in [4.78, 5) is 1.19. The minimum Gasteiger partial charge on any atom is -0.389 e. The van der Waals surface area contributed by atoms with Gasteiger partial charge in [-0.1, -0.05) is 24.3 Å². The van der Waals surface area contributed by atoms with Crippen molar-refractivity contribution in [3.05, 3.63) is 41.8 Å². The van der Waals surface area contributed by atoms with Crippen LogP contribution >= 0.6 is 11.3 Å². The molecular formula is C14H16O3S2. The van der Waals surface area contributed by atoms with E-state index in [2.05, 4.69) is 0 Å². The number of sulfone groups is 1. The third-order valence-electron chi connectivity index (χ3n) is 2.55.